The lowest BCUT2D eigenvalue weighted by Crippen LogP contribution is -2.49. The van der Waals surface area contributed by atoms with Crippen molar-refractivity contribution in [2.45, 2.75) is 39.5 Å². The fourth-order valence-corrected chi connectivity index (χ4v) is 5.55. The van der Waals surface area contributed by atoms with Crippen LogP contribution < -0.4 is 11.2 Å². The monoisotopic (exact) mass is 467 g/mol. The molecule has 7 nitrogen and oxygen atoms in total. The molecule has 164 valence electrons. The van der Waals surface area contributed by atoms with Crippen LogP contribution >= 0.6 is 22.9 Å². The minimum atomic E-state index is -0.547. The number of Topliss-reactive ketones (excluding diaryl/α,β-unsaturated/α-hetero) is 1. The van der Waals surface area contributed by atoms with Crippen LogP contribution in [0.2, 0.25) is 5.15 Å². The second-order valence-electron chi connectivity index (χ2n) is 8.73. The van der Waals surface area contributed by atoms with Gasteiger partial charge in [0.1, 0.15) is 11.0 Å². The molecule has 32 heavy (non-hydrogen) atoms. The van der Waals surface area contributed by atoms with Crippen molar-refractivity contribution in [1.29, 1.82) is 5.26 Å². The van der Waals surface area contributed by atoms with Crippen LogP contribution in [-0.4, -0.2) is 21.7 Å². The third-order valence-corrected chi connectivity index (χ3v) is 7.15. The van der Waals surface area contributed by atoms with Gasteiger partial charge in [-0.3, -0.25) is 15.0 Å². The number of halogens is 1. The second kappa shape index (κ2) is 8.08. The quantitative estimate of drug-likeness (QED) is 0.654. The number of hydrazine groups is 1. The Hall–Kier alpha value is -3.15. The first kappa shape index (κ1) is 22.1. The number of hydrogen-bond donors (Lipinski definition) is 2. The first-order chi connectivity index (χ1) is 15.1. The number of ketones is 1. The van der Waals surface area contributed by atoms with Crippen molar-refractivity contribution in [2.75, 3.05) is 0 Å². The predicted octanol–water partition coefficient (Wildman–Crippen LogP) is 4.19. The molecule has 0 saturated carbocycles. The predicted molar refractivity (Wildman–Crippen MR) is 122 cm³/mol. The number of nitrogens with zero attached hydrogens (tertiary/aromatic N) is 3. The van der Waals surface area contributed by atoms with Crippen molar-refractivity contribution in [3.8, 4) is 6.07 Å². The molecule has 0 radical (unpaired) electrons. The van der Waals surface area contributed by atoms with Crippen LogP contribution in [0.3, 0.4) is 0 Å². The molecule has 2 aromatic rings. The zero-order valence-corrected chi connectivity index (χ0v) is 19.5. The zero-order valence-electron chi connectivity index (χ0n) is 17.9. The van der Waals surface area contributed by atoms with Gasteiger partial charge >= 0.3 is 0 Å². The van der Waals surface area contributed by atoms with Gasteiger partial charge in [0.25, 0.3) is 5.91 Å². The summed E-state index contributed by atoms with van der Waals surface area (Å²) < 4.78 is 0. The number of carbonyl (C=O) groups is 2. The van der Waals surface area contributed by atoms with Gasteiger partial charge in [0, 0.05) is 23.1 Å². The molecular weight excluding hydrogens is 446 g/mol. The lowest BCUT2D eigenvalue weighted by molar-refractivity contribution is -0.118. The van der Waals surface area contributed by atoms with E-state index in [9.17, 15) is 14.9 Å². The van der Waals surface area contributed by atoms with Gasteiger partial charge in [0.15, 0.2) is 5.78 Å². The molecule has 1 amide bonds. The molecule has 1 aliphatic heterocycles. The summed E-state index contributed by atoms with van der Waals surface area (Å²) in [4.78, 5) is 31.3. The second-order valence-corrected chi connectivity index (χ2v) is 10.0. The number of hydrogen-bond acceptors (Lipinski definition) is 7. The van der Waals surface area contributed by atoms with E-state index in [0.29, 0.717) is 24.1 Å². The van der Waals surface area contributed by atoms with Gasteiger partial charge in [-0.05, 0) is 47.9 Å². The first-order valence-corrected chi connectivity index (χ1v) is 11.3. The van der Waals surface area contributed by atoms with Crippen LogP contribution in [0, 0.1) is 23.7 Å². The molecule has 0 spiro atoms. The molecule has 1 atom stereocenters. The molecule has 1 aliphatic carbocycles. The van der Waals surface area contributed by atoms with Gasteiger partial charge in [0.2, 0.25) is 0 Å². The van der Waals surface area contributed by atoms with E-state index in [4.69, 9.17) is 17.3 Å². The fraction of sp³-hybridized carbons (Fsp3) is 0.304. The number of carbonyl (C=O) groups excluding carboxylic acids is 2. The molecular formula is C23H22ClN5O2S. The Morgan fingerprint density at radius 2 is 2.16 bits per heavy atom. The zero-order chi connectivity index (χ0) is 23.2. The molecule has 2 aromatic heterocycles. The Bertz CT molecular complexity index is 1240. The molecule has 0 aromatic carbocycles. The fourth-order valence-electron chi connectivity index (χ4n) is 4.30. The van der Waals surface area contributed by atoms with Crippen molar-refractivity contribution in [1.82, 2.24) is 15.4 Å². The molecule has 2 aliphatic rings. The van der Waals surface area contributed by atoms with E-state index in [1.807, 2.05) is 32.2 Å². The van der Waals surface area contributed by atoms with Crippen LogP contribution in [0.15, 0.2) is 52.4 Å². The topological polar surface area (TPSA) is 112 Å². The Balaban J connectivity index is 1.87. The molecule has 0 bridgehead atoms. The summed E-state index contributed by atoms with van der Waals surface area (Å²) in [5.41, 5.74) is 11.4. The van der Waals surface area contributed by atoms with Gasteiger partial charge in [-0.25, -0.2) is 9.99 Å². The summed E-state index contributed by atoms with van der Waals surface area (Å²) in [7, 11) is 0. The third-order valence-electron chi connectivity index (χ3n) is 5.76. The van der Waals surface area contributed by atoms with E-state index in [1.54, 1.807) is 12.1 Å². The Labute approximate surface area is 195 Å². The average Bonchev–Trinajstić information content (AvgIpc) is 3.14. The molecule has 0 fully saturated rings. The van der Waals surface area contributed by atoms with Crippen LogP contribution in [-0.2, 0) is 4.79 Å². The Kier molecular flexibility index (Phi) is 5.57. The maximum Gasteiger partial charge on any atom is 0.273 e. The number of nitrogens with two attached hydrogens (primary N) is 1. The maximum absolute atomic E-state index is 13.4. The Morgan fingerprint density at radius 3 is 2.78 bits per heavy atom. The van der Waals surface area contributed by atoms with Crippen molar-refractivity contribution in [3.05, 3.63) is 73.6 Å². The van der Waals surface area contributed by atoms with Crippen molar-refractivity contribution in [3.63, 3.8) is 0 Å². The van der Waals surface area contributed by atoms with Gasteiger partial charge in [-0.15, -0.1) is 11.3 Å². The summed E-state index contributed by atoms with van der Waals surface area (Å²) in [5.74, 6) is -1.03. The van der Waals surface area contributed by atoms with Crippen LogP contribution in [0.5, 0.6) is 0 Å². The highest BCUT2D eigenvalue weighted by atomic mass is 35.5. The average molecular weight is 468 g/mol. The van der Waals surface area contributed by atoms with Gasteiger partial charge in [0.05, 0.1) is 28.8 Å². The van der Waals surface area contributed by atoms with E-state index >= 15 is 0 Å². The summed E-state index contributed by atoms with van der Waals surface area (Å²) in [6.07, 6.45) is 2.34. The smallest absolute Gasteiger partial charge is 0.273 e. The number of rotatable bonds is 3. The van der Waals surface area contributed by atoms with Gasteiger partial charge < -0.3 is 5.73 Å². The van der Waals surface area contributed by atoms with E-state index in [2.05, 4.69) is 16.5 Å². The van der Waals surface area contributed by atoms with Crippen LogP contribution in [0.25, 0.3) is 0 Å². The summed E-state index contributed by atoms with van der Waals surface area (Å²) in [5, 5.41) is 13.4. The molecule has 9 heteroatoms. The summed E-state index contributed by atoms with van der Waals surface area (Å²) >= 11 is 7.58. The number of amides is 1. The summed E-state index contributed by atoms with van der Waals surface area (Å²) in [6, 6.07) is 7.30. The first-order valence-electron chi connectivity index (χ1n) is 10.1. The normalized spacial score (nSPS) is 20.2. The number of allylic oxidation sites excluding steroid dienone is 3. The number of aromatic nitrogens is 1. The molecule has 3 N–H and O–H groups in total. The maximum atomic E-state index is 13.4. The van der Waals surface area contributed by atoms with Crippen LogP contribution in [0.1, 0.15) is 53.4 Å². The lowest BCUT2D eigenvalue weighted by atomic mass is 9.70. The minimum Gasteiger partial charge on any atom is -0.383 e. The van der Waals surface area contributed by atoms with Gasteiger partial charge in [-0.1, -0.05) is 25.4 Å². The van der Waals surface area contributed by atoms with E-state index in [0.717, 1.165) is 10.4 Å². The minimum absolute atomic E-state index is 0.0476. The van der Waals surface area contributed by atoms with Crippen molar-refractivity contribution in [2.24, 2.45) is 11.1 Å². The summed E-state index contributed by atoms with van der Waals surface area (Å²) in [6.45, 7) is 5.95. The number of nitriles is 1. The highest BCUT2D eigenvalue weighted by molar-refractivity contribution is 7.10. The van der Waals surface area contributed by atoms with Crippen LogP contribution in [0.4, 0.5) is 0 Å². The highest BCUT2D eigenvalue weighted by Gasteiger charge is 2.45. The molecule has 1 unspecified atom stereocenters. The number of thiophene rings is 1. The number of pyridine rings is 1. The van der Waals surface area contributed by atoms with Crippen molar-refractivity contribution < 1.29 is 9.59 Å². The largest absolute Gasteiger partial charge is 0.383 e. The highest BCUT2D eigenvalue weighted by Crippen LogP contribution is 2.49. The van der Waals surface area contributed by atoms with E-state index < -0.39 is 11.8 Å². The Morgan fingerprint density at radius 1 is 1.41 bits per heavy atom. The SMILES string of the molecule is Cc1ccsc1C1C(C#N)=C(N)N(NC(=O)c2cccnc2Cl)C2=C1C(=O)CC(C)(C)C2. The standard InChI is InChI=1S/C23H22ClN5O2S/c1-12-6-8-32-19(12)17-14(11-25)21(26)29(15-9-23(2,3)10-16(30)18(15)17)28-22(31)13-5-4-7-27-20(13)24/h4-8,17H,9-10,26H2,1-3H3,(H,28,31). The van der Waals surface area contributed by atoms with E-state index in [1.165, 1.54) is 22.5 Å². The van der Waals surface area contributed by atoms with Crippen molar-refractivity contribution >= 4 is 34.6 Å². The lowest BCUT2D eigenvalue weighted by Gasteiger charge is -2.43. The van der Waals surface area contributed by atoms with Gasteiger partial charge in [-0.2, -0.15) is 5.26 Å². The third kappa shape index (κ3) is 3.68. The number of aryl methyl sites for hydroxylation is 1. The van der Waals surface area contributed by atoms with E-state index in [-0.39, 0.29) is 33.3 Å². The molecule has 4 rings (SSSR count). The molecule has 3 heterocycles. The molecule has 0 saturated heterocycles. The number of nitrogens with one attached hydrogen (secondary N) is 1.